The van der Waals surface area contributed by atoms with E-state index in [1.165, 1.54) is 36.4 Å². The van der Waals surface area contributed by atoms with Crippen molar-refractivity contribution in [1.29, 1.82) is 0 Å². The minimum Gasteiger partial charge on any atom is -0.330 e. The molecule has 0 aromatic carbocycles. The number of nitrogens with zero attached hydrogens (tertiary/aromatic N) is 1. The van der Waals surface area contributed by atoms with Crippen LogP contribution in [0.5, 0.6) is 0 Å². The molecular formula is C14H24N2S. The summed E-state index contributed by atoms with van der Waals surface area (Å²) in [5.41, 5.74) is 8.13. The lowest BCUT2D eigenvalue weighted by Crippen LogP contribution is -2.39. The van der Waals surface area contributed by atoms with Gasteiger partial charge in [0.05, 0.1) is 10.7 Å². The molecule has 1 heterocycles. The van der Waals surface area contributed by atoms with Gasteiger partial charge in [-0.15, -0.1) is 11.3 Å². The summed E-state index contributed by atoms with van der Waals surface area (Å²) in [6.45, 7) is 7.63. The third-order valence-corrected chi connectivity index (χ3v) is 5.14. The van der Waals surface area contributed by atoms with Gasteiger partial charge in [-0.2, -0.15) is 0 Å². The molecule has 2 N–H and O–H groups in total. The minimum absolute atomic E-state index is 0.316. The van der Waals surface area contributed by atoms with Crippen LogP contribution in [0.25, 0.3) is 0 Å². The van der Waals surface area contributed by atoms with Crippen LogP contribution in [0.4, 0.5) is 0 Å². The lowest BCUT2D eigenvalue weighted by atomic mass is 9.63. The average molecular weight is 252 g/mol. The van der Waals surface area contributed by atoms with Gasteiger partial charge in [0, 0.05) is 5.38 Å². The molecule has 0 unspecified atom stereocenters. The highest BCUT2D eigenvalue weighted by atomic mass is 32.1. The Labute approximate surface area is 109 Å². The van der Waals surface area contributed by atoms with Gasteiger partial charge < -0.3 is 5.73 Å². The first-order chi connectivity index (χ1) is 7.95. The molecule has 17 heavy (non-hydrogen) atoms. The molecule has 0 amide bonds. The second-order valence-electron chi connectivity index (χ2n) is 6.40. The van der Waals surface area contributed by atoms with E-state index in [1.54, 1.807) is 11.3 Å². The summed E-state index contributed by atoms with van der Waals surface area (Å²) < 4.78 is 0. The number of hydrogen-bond donors (Lipinski definition) is 1. The smallest absolute Gasteiger partial charge is 0.0897 e. The molecule has 0 atom stereocenters. The second-order valence-corrected chi connectivity index (χ2v) is 7.47. The molecule has 2 nitrogen and oxygen atoms in total. The SMILES string of the molecule is Cc1nc(CC2(CN)CCC(C)(C)CC2)cs1. The van der Waals surface area contributed by atoms with E-state index in [0.717, 1.165) is 13.0 Å². The monoisotopic (exact) mass is 252 g/mol. The van der Waals surface area contributed by atoms with Crippen LogP contribution in [0.3, 0.4) is 0 Å². The third kappa shape index (κ3) is 3.08. The van der Waals surface area contributed by atoms with E-state index >= 15 is 0 Å². The summed E-state index contributed by atoms with van der Waals surface area (Å²) in [6.07, 6.45) is 6.19. The highest BCUT2D eigenvalue weighted by Gasteiger charge is 2.37. The molecule has 0 saturated heterocycles. The lowest BCUT2D eigenvalue weighted by Gasteiger charge is -2.43. The van der Waals surface area contributed by atoms with Gasteiger partial charge in [0.25, 0.3) is 0 Å². The van der Waals surface area contributed by atoms with E-state index in [1.807, 2.05) is 0 Å². The van der Waals surface area contributed by atoms with Crippen molar-refractivity contribution in [2.75, 3.05) is 6.54 Å². The standard InChI is InChI=1S/C14H24N2S/c1-11-16-12(9-17-11)8-14(10-15)6-4-13(2,3)5-7-14/h9H,4-8,10,15H2,1-3H3. The molecular weight excluding hydrogens is 228 g/mol. The normalized spacial score (nSPS) is 22.6. The summed E-state index contributed by atoms with van der Waals surface area (Å²) in [4.78, 5) is 4.60. The topological polar surface area (TPSA) is 38.9 Å². The molecule has 0 aliphatic heterocycles. The number of hydrogen-bond acceptors (Lipinski definition) is 3. The summed E-state index contributed by atoms with van der Waals surface area (Å²) in [6, 6.07) is 0. The fourth-order valence-electron chi connectivity index (χ4n) is 2.78. The molecule has 1 fully saturated rings. The first-order valence-electron chi connectivity index (χ1n) is 6.56. The zero-order chi connectivity index (χ0) is 12.5. The van der Waals surface area contributed by atoms with Crippen LogP contribution in [0, 0.1) is 17.8 Å². The van der Waals surface area contributed by atoms with Crippen molar-refractivity contribution in [3.63, 3.8) is 0 Å². The Bertz CT molecular complexity index is 371. The van der Waals surface area contributed by atoms with Gasteiger partial charge in [-0.05, 0) is 56.4 Å². The van der Waals surface area contributed by atoms with Gasteiger partial charge in [0.15, 0.2) is 0 Å². The molecule has 0 radical (unpaired) electrons. The highest BCUT2D eigenvalue weighted by Crippen LogP contribution is 2.46. The Morgan fingerprint density at radius 2 is 1.94 bits per heavy atom. The van der Waals surface area contributed by atoms with Crippen LogP contribution in [0.1, 0.15) is 50.2 Å². The van der Waals surface area contributed by atoms with Crippen molar-refractivity contribution >= 4 is 11.3 Å². The van der Waals surface area contributed by atoms with Gasteiger partial charge >= 0.3 is 0 Å². The van der Waals surface area contributed by atoms with Gasteiger partial charge in [0.2, 0.25) is 0 Å². The number of aromatic nitrogens is 1. The molecule has 1 aromatic rings. The van der Waals surface area contributed by atoms with Crippen LogP contribution < -0.4 is 5.73 Å². The van der Waals surface area contributed by atoms with Crippen molar-refractivity contribution < 1.29 is 0 Å². The van der Waals surface area contributed by atoms with Crippen LogP contribution in [0.15, 0.2) is 5.38 Å². The maximum absolute atomic E-state index is 6.06. The van der Waals surface area contributed by atoms with E-state index < -0.39 is 0 Å². The third-order valence-electron chi connectivity index (χ3n) is 4.32. The highest BCUT2D eigenvalue weighted by molar-refractivity contribution is 7.09. The van der Waals surface area contributed by atoms with E-state index in [-0.39, 0.29) is 0 Å². The van der Waals surface area contributed by atoms with Gasteiger partial charge in [-0.3, -0.25) is 0 Å². The molecule has 1 aliphatic carbocycles. The van der Waals surface area contributed by atoms with Crippen molar-refractivity contribution in [2.24, 2.45) is 16.6 Å². The van der Waals surface area contributed by atoms with E-state index in [4.69, 9.17) is 5.73 Å². The molecule has 3 heteroatoms. The van der Waals surface area contributed by atoms with Gasteiger partial charge in [-0.1, -0.05) is 13.8 Å². The Hall–Kier alpha value is -0.410. The molecule has 1 aliphatic rings. The maximum atomic E-state index is 6.06. The van der Waals surface area contributed by atoms with Crippen molar-refractivity contribution in [3.05, 3.63) is 16.1 Å². The maximum Gasteiger partial charge on any atom is 0.0897 e. The summed E-state index contributed by atoms with van der Waals surface area (Å²) in [5.74, 6) is 0. The van der Waals surface area contributed by atoms with E-state index in [9.17, 15) is 0 Å². The Kier molecular flexibility index (Phi) is 3.60. The van der Waals surface area contributed by atoms with Crippen LogP contribution >= 0.6 is 11.3 Å². The van der Waals surface area contributed by atoms with E-state index in [0.29, 0.717) is 10.8 Å². The number of thiazole rings is 1. The van der Waals surface area contributed by atoms with Crippen molar-refractivity contribution in [2.45, 2.75) is 52.9 Å². The van der Waals surface area contributed by atoms with Crippen LogP contribution in [-0.4, -0.2) is 11.5 Å². The van der Waals surface area contributed by atoms with Crippen LogP contribution in [-0.2, 0) is 6.42 Å². The van der Waals surface area contributed by atoms with E-state index in [2.05, 4.69) is 31.1 Å². The Balaban J connectivity index is 2.06. The quantitative estimate of drug-likeness (QED) is 0.893. The lowest BCUT2D eigenvalue weighted by molar-refractivity contribution is 0.107. The fraction of sp³-hybridized carbons (Fsp3) is 0.786. The second kappa shape index (κ2) is 4.69. The first kappa shape index (κ1) is 13.0. The number of aryl methyl sites for hydroxylation is 1. The Morgan fingerprint density at radius 1 is 1.29 bits per heavy atom. The summed E-state index contributed by atoms with van der Waals surface area (Å²) >= 11 is 1.75. The zero-order valence-corrected chi connectivity index (χ0v) is 12.1. The number of rotatable bonds is 3. The predicted molar refractivity (Wildman–Crippen MR) is 74.3 cm³/mol. The molecule has 0 bridgehead atoms. The first-order valence-corrected chi connectivity index (χ1v) is 7.44. The fourth-order valence-corrected chi connectivity index (χ4v) is 3.40. The molecule has 0 spiro atoms. The van der Waals surface area contributed by atoms with Crippen LogP contribution in [0.2, 0.25) is 0 Å². The van der Waals surface area contributed by atoms with Crippen molar-refractivity contribution in [3.8, 4) is 0 Å². The zero-order valence-electron chi connectivity index (χ0n) is 11.3. The molecule has 1 saturated carbocycles. The van der Waals surface area contributed by atoms with Gasteiger partial charge in [0.1, 0.15) is 0 Å². The van der Waals surface area contributed by atoms with Gasteiger partial charge in [-0.25, -0.2) is 4.98 Å². The molecule has 2 rings (SSSR count). The molecule has 1 aromatic heterocycles. The number of nitrogens with two attached hydrogens (primary N) is 1. The molecule has 96 valence electrons. The average Bonchev–Trinajstić information content (AvgIpc) is 2.68. The largest absolute Gasteiger partial charge is 0.330 e. The summed E-state index contributed by atoms with van der Waals surface area (Å²) in [7, 11) is 0. The minimum atomic E-state index is 0.316. The summed E-state index contributed by atoms with van der Waals surface area (Å²) in [5, 5.41) is 3.37. The predicted octanol–water partition coefficient (Wildman–Crippen LogP) is 3.54. The Morgan fingerprint density at radius 3 is 2.41 bits per heavy atom. The van der Waals surface area contributed by atoms with Crippen molar-refractivity contribution in [1.82, 2.24) is 4.98 Å².